The highest BCUT2D eigenvalue weighted by atomic mass is 16.3. The summed E-state index contributed by atoms with van der Waals surface area (Å²) in [7, 11) is 0. The number of benzene rings is 3. The third kappa shape index (κ3) is 1.52. The van der Waals surface area contributed by atoms with Crippen molar-refractivity contribution in [3.63, 3.8) is 0 Å². The molecule has 1 aliphatic rings. The Bertz CT molecular complexity index is 1030. The van der Waals surface area contributed by atoms with E-state index in [0.717, 1.165) is 11.5 Å². The lowest BCUT2D eigenvalue weighted by Crippen LogP contribution is -2.16. The number of carbonyl (C=O) groups excluding carboxylic acids is 2. The van der Waals surface area contributed by atoms with Crippen molar-refractivity contribution in [2.75, 3.05) is 0 Å². The van der Waals surface area contributed by atoms with E-state index in [4.69, 9.17) is 0 Å². The van der Waals surface area contributed by atoms with Gasteiger partial charge in [0, 0.05) is 27.3 Å². The highest BCUT2D eigenvalue weighted by Gasteiger charge is 2.25. The van der Waals surface area contributed by atoms with Gasteiger partial charge in [-0.25, -0.2) is 0 Å². The Morgan fingerprint density at radius 3 is 2.32 bits per heavy atom. The molecule has 0 amide bonds. The standard InChI is InChI=1S/C18H10O4/c19-15-6-5-11-13(18(15)22)8-14-12(17(11)21)7-9-3-1-2-4-10(9)16(14)20/h1-8,20-21H. The molecule has 0 aromatic heterocycles. The quantitative estimate of drug-likeness (QED) is 0.492. The van der Waals surface area contributed by atoms with Gasteiger partial charge in [-0.2, -0.15) is 0 Å². The molecule has 0 aliphatic heterocycles. The molecule has 3 aromatic carbocycles. The molecule has 0 heterocycles. The van der Waals surface area contributed by atoms with E-state index in [1.165, 1.54) is 12.1 Å². The van der Waals surface area contributed by atoms with Crippen LogP contribution in [0.4, 0.5) is 0 Å². The summed E-state index contributed by atoms with van der Waals surface area (Å²) < 4.78 is 0. The summed E-state index contributed by atoms with van der Waals surface area (Å²) >= 11 is 0. The summed E-state index contributed by atoms with van der Waals surface area (Å²) in [5, 5.41) is 23.1. The lowest BCUT2D eigenvalue weighted by atomic mass is 9.90. The average molecular weight is 290 g/mol. The number of hydrogen-bond donors (Lipinski definition) is 2. The Morgan fingerprint density at radius 1 is 0.773 bits per heavy atom. The van der Waals surface area contributed by atoms with Crippen LogP contribution >= 0.6 is 0 Å². The minimum Gasteiger partial charge on any atom is -0.507 e. The first-order valence-electron chi connectivity index (χ1n) is 6.75. The molecule has 106 valence electrons. The number of phenols is 2. The zero-order chi connectivity index (χ0) is 15.4. The zero-order valence-electron chi connectivity index (χ0n) is 11.3. The minimum atomic E-state index is -0.678. The first-order valence-corrected chi connectivity index (χ1v) is 6.75. The van der Waals surface area contributed by atoms with Gasteiger partial charge in [-0.15, -0.1) is 0 Å². The Hall–Kier alpha value is -3.14. The minimum absolute atomic E-state index is 0.0130. The van der Waals surface area contributed by atoms with Crippen molar-refractivity contribution in [3.8, 4) is 11.5 Å². The maximum absolute atomic E-state index is 12.0. The zero-order valence-corrected chi connectivity index (χ0v) is 11.3. The largest absolute Gasteiger partial charge is 0.507 e. The van der Waals surface area contributed by atoms with E-state index in [0.29, 0.717) is 21.7 Å². The van der Waals surface area contributed by atoms with Gasteiger partial charge in [-0.1, -0.05) is 24.3 Å². The van der Waals surface area contributed by atoms with Crippen molar-refractivity contribution < 1.29 is 19.8 Å². The molecule has 4 rings (SSSR count). The fourth-order valence-corrected chi connectivity index (χ4v) is 2.91. The number of carbonyl (C=O) groups is 2. The van der Waals surface area contributed by atoms with Crippen LogP contribution in [-0.4, -0.2) is 21.8 Å². The van der Waals surface area contributed by atoms with Gasteiger partial charge < -0.3 is 10.2 Å². The van der Waals surface area contributed by atoms with E-state index in [2.05, 4.69) is 0 Å². The summed E-state index contributed by atoms with van der Waals surface area (Å²) in [6, 6.07) is 10.4. The second-order valence-electron chi connectivity index (χ2n) is 5.25. The van der Waals surface area contributed by atoms with Gasteiger partial charge in [0.15, 0.2) is 0 Å². The number of hydrogen-bond acceptors (Lipinski definition) is 4. The SMILES string of the molecule is O=C1C=Cc2c(cc3c(O)c4ccccc4cc3c2O)C1=O. The van der Waals surface area contributed by atoms with Gasteiger partial charge in [0.1, 0.15) is 11.5 Å². The van der Waals surface area contributed by atoms with Gasteiger partial charge in [0.25, 0.3) is 0 Å². The second kappa shape index (κ2) is 4.18. The van der Waals surface area contributed by atoms with E-state index in [-0.39, 0.29) is 17.1 Å². The number of rotatable bonds is 0. The third-order valence-corrected chi connectivity index (χ3v) is 4.02. The van der Waals surface area contributed by atoms with Crippen molar-refractivity contribution in [1.29, 1.82) is 0 Å². The Labute approximate surface area is 124 Å². The molecule has 4 heteroatoms. The summed E-state index contributed by atoms with van der Waals surface area (Å²) in [4.78, 5) is 23.5. The number of ketones is 2. The van der Waals surface area contributed by atoms with Gasteiger partial charge in [0.05, 0.1) is 0 Å². The van der Waals surface area contributed by atoms with Gasteiger partial charge >= 0.3 is 0 Å². The molecular formula is C18H10O4. The van der Waals surface area contributed by atoms with E-state index < -0.39 is 11.6 Å². The number of phenolic OH excluding ortho intramolecular Hbond substituents is 2. The summed E-state index contributed by atoms with van der Waals surface area (Å²) in [5.74, 6) is -1.43. The van der Waals surface area contributed by atoms with E-state index >= 15 is 0 Å². The monoisotopic (exact) mass is 290 g/mol. The van der Waals surface area contributed by atoms with Crippen molar-refractivity contribution in [2.45, 2.75) is 0 Å². The highest BCUT2D eigenvalue weighted by molar-refractivity contribution is 6.50. The first kappa shape index (κ1) is 12.6. The molecule has 1 aliphatic carbocycles. The number of aromatic hydroxyl groups is 2. The predicted molar refractivity (Wildman–Crippen MR) is 83.2 cm³/mol. The fourth-order valence-electron chi connectivity index (χ4n) is 2.91. The number of fused-ring (bicyclic) bond motifs is 3. The van der Waals surface area contributed by atoms with Crippen molar-refractivity contribution in [1.82, 2.24) is 0 Å². The van der Waals surface area contributed by atoms with Crippen LogP contribution in [0, 0.1) is 0 Å². The maximum Gasteiger partial charge on any atom is 0.233 e. The van der Waals surface area contributed by atoms with Crippen molar-refractivity contribution in [3.05, 3.63) is 53.6 Å². The van der Waals surface area contributed by atoms with Crippen molar-refractivity contribution >= 4 is 39.2 Å². The van der Waals surface area contributed by atoms with E-state index in [9.17, 15) is 19.8 Å². The molecular weight excluding hydrogens is 280 g/mol. The van der Waals surface area contributed by atoms with Gasteiger partial charge in [0.2, 0.25) is 11.6 Å². The molecule has 0 saturated carbocycles. The maximum atomic E-state index is 12.0. The smallest absolute Gasteiger partial charge is 0.233 e. The molecule has 0 spiro atoms. The lowest BCUT2D eigenvalue weighted by Gasteiger charge is -2.15. The molecule has 0 saturated heterocycles. The Kier molecular flexibility index (Phi) is 2.39. The van der Waals surface area contributed by atoms with Crippen LogP contribution < -0.4 is 0 Å². The molecule has 3 aromatic rings. The van der Waals surface area contributed by atoms with Crippen LogP contribution in [0.3, 0.4) is 0 Å². The first-order chi connectivity index (χ1) is 10.6. The molecule has 0 unspecified atom stereocenters. The second-order valence-corrected chi connectivity index (χ2v) is 5.25. The summed E-state index contributed by atoms with van der Waals surface area (Å²) in [6.45, 7) is 0. The summed E-state index contributed by atoms with van der Waals surface area (Å²) in [5.41, 5.74) is 0.426. The predicted octanol–water partition coefficient (Wildman–Crippen LogP) is 3.18. The molecule has 0 radical (unpaired) electrons. The van der Waals surface area contributed by atoms with Crippen LogP contribution in [0.2, 0.25) is 0 Å². The van der Waals surface area contributed by atoms with Crippen LogP contribution in [0.5, 0.6) is 11.5 Å². The average Bonchev–Trinajstić information content (AvgIpc) is 2.53. The topological polar surface area (TPSA) is 74.6 Å². The highest BCUT2D eigenvalue weighted by Crippen LogP contribution is 2.42. The third-order valence-electron chi connectivity index (χ3n) is 4.02. The molecule has 4 nitrogen and oxygen atoms in total. The van der Waals surface area contributed by atoms with E-state index in [1.54, 1.807) is 18.2 Å². The van der Waals surface area contributed by atoms with Crippen LogP contribution in [0.25, 0.3) is 27.6 Å². The van der Waals surface area contributed by atoms with Crippen LogP contribution in [0.15, 0.2) is 42.5 Å². The molecule has 0 bridgehead atoms. The van der Waals surface area contributed by atoms with Crippen molar-refractivity contribution in [2.24, 2.45) is 0 Å². The lowest BCUT2D eigenvalue weighted by molar-refractivity contribution is -0.110. The van der Waals surface area contributed by atoms with Gasteiger partial charge in [-0.3, -0.25) is 9.59 Å². The molecule has 2 N–H and O–H groups in total. The fraction of sp³-hybridized carbons (Fsp3) is 0. The summed E-state index contributed by atoms with van der Waals surface area (Å²) in [6.07, 6.45) is 2.58. The normalized spacial score (nSPS) is 13.8. The number of Topliss-reactive ketones (excluding diaryl/α,β-unsaturated/α-hetero) is 1. The van der Waals surface area contributed by atoms with Crippen LogP contribution in [0.1, 0.15) is 15.9 Å². The van der Waals surface area contributed by atoms with Gasteiger partial charge in [-0.05, 0) is 29.7 Å². The molecule has 0 fully saturated rings. The Morgan fingerprint density at radius 2 is 1.50 bits per heavy atom. The number of allylic oxidation sites excluding steroid dienone is 1. The Balaban J connectivity index is 2.22. The molecule has 0 atom stereocenters. The van der Waals surface area contributed by atoms with Crippen LogP contribution in [-0.2, 0) is 4.79 Å². The van der Waals surface area contributed by atoms with E-state index in [1.807, 2.05) is 12.1 Å². The molecule has 22 heavy (non-hydrogen) atoms.